The van der Waals surface area contributed by atoms with Gasteiger partial charge in [0.15, 0.2) is 0 Å². The van der Waals surface area contributed by atoms with E-state index in [1.807, 2.05) is 18.2 Å². The van der Waals surface area contributed by atoms with Gasteiger partial charge in [-0.15, -0.1) is 0 Å². The van der Waals surface area contributed by atoms with E-state index in [-0.39, 0.29) is 0 Å². The number of para-hydroxylation sites is 1. The molecule has 1 aliphatic heterocycles. The number of nitrogen functional groups attached to an aromatic ring is 1. The lowest BCUT2D eigenvalue weighted by atomic mass is 9.86. The highest BCUT2D eigenvalue weighted by molar-refractivity contribution is 5.86. The van der Waals surface area contributed by atoms with E-state index < -0.39 is 5.54 Å². The summed E-state index contributed by atoms with van der Waals surface area (Å²) in [4.78, 5) is 0. The number of hydrogen-bond acceptors (Lipinski definition) is 4. The quantitative estimate of drug-likeness (QED) is 0.678. The largest absolute Gasteiger partial charge is 0.493 e. The Labute approximate surface area is 161 Å². The first-order valence-corrected chi connectivity index (χ1v) is 9.94. The Hall–Kier alpha value is -2.62. The number of ether oxygens (including phenoxy) is 1. The minimum Gasteiger partial charge on any atom is -0.493 e. The van der Waals surface area contributed by atoms with Crippen molar-refractivity contribution in [3.63, 3.8) is 0 Å². The van der Waals surface area contributed by atoms with Crippen LogP contribution in [0.25, 0.3) is 5.70 Å². The van der Waals surface area contributed by atoms with Crippen molar-refractivity contribution in [1.29, 1.82) is 0 Å². The number of benzene rings is 2. The molecule has 0 bridgehead atoms. The van der Waals surface area contributed by atoms with Crippen LogP contribution in [0.15, 0.2) is 48.5 Å². The van der Waals surface area contributed by atoms with Gasteiger partial charge >= 0.3 is 0 Å². The van der Waals surface area contributed by atoms with Crippen molar-refractivity contribution >= 4 is 17.1 Å². The molecule has 5 N–H and O–H groups in total. The van der Waals surface area contributed by atoms with Crippen molar-refractivity contribution in [3.8, 4) is 5.75 Å². The molecule has 142 valence electrons. The first-order chi connectivity index (χ1) is 13.0. The van der Waals surface area contributed by atoms with Crippen LogP contribution in [0.1, 0.15) is 50.2 Å². The summed E-state index contributed by atoms with van der Waals surface area (Å²) in [6.45, 7) is 2.94. The summed E-state index contributed by atoms with van der Waals surface area (Å²) in [6.07, 6.45) is 8.72. The Bertz CT molecular complexity index is 837. The van der Waals surface area contributed by atoms with Gasteiger partial charge in [-0.05, 0) is 55.5 Å². The smallest absolute Gasteiger partial charge is 0.119 e. The van der Waals surface area contributed by atoms with Gasteiger partial charge in [0, 0.05) is 11.3 Å². The molecule has 1 unspecified atom stereocenters. The highest BCUT2D eigenvalue weighted by Gasteiger charge is 2.30. The van der Waals surface area contributed by atoms with Crippen LogP contribution >= 0.6 is 0 Å². The second kappa shape index (κ2) is 7.18. The predicted molar refractivity (Wildman–Crippen MR) is 113 cm³/mol. The molecule has 0 amide bonds. The Morgan fingerprint density at radius 2 is 1.78 bits per heavy atom. The third-order valence-corrected chi connectivity index (χ3v) is 5.90. The molecular formula is C23H29N3O. The van der Waals surface area contributed by atoms with Gasteiger partial charge in [-0.2, -0.15) is 0 Å². The molecule has 0 aromatic heterocycles. The third kappa shape index (κ3) is 3.61. The van der Waals surface area contributed by atoms with Crippen molar-refractivity contribution in [2.75, 3.05) is 17.7 Å². The fourth-order valence-corrected chi connectivity index (χ4v) is 4.26. The van der Waals surface area contributed by atoms with Gasteiger partial charge in [-0.25, -0.2) is 0 Å². The van der Waals surface area contributed by atoms with Crippen molar-refractivity contribution in [2.24, 2.45) is 11.7 Å². The fourth-order valence-electron chi connectivity index (χ4n) is 4.26. The molecule has 2 aromatic carbocycles. The maximum Gasteiger partial charge on any atom is 0.119 e. The molecule has 1 atom stereocenters. The maximum absolute atomic E-state index is 6.33. The summed E-state index contributed by atoms with van der Waals surface area (Å²) < 4.78 is 6.04. The van der Waals surface area contributed by atoms with Crippen LogP contribution in [-0.4, -0.2) is 6.61 Å². The van der Waals surface area contributed by atoms with Gasteiger partial charge in [0.05, 0.1) is 23.5 Å². The van der Waals surface area contributed by atoms with Gasteiger partial charge in [0.25, 0.3) is 0 Å². The zero-order chi connectivity index (χ0) is 18.9. The summed E-state index contributed by atoms with van der Waals surface area (Å²) in [7, 11) is 0. The van der Waals surface area contributed by atoms with E-state index in [0.29, 0.717) is 11.6 Å². The second-order valence-corrected chi connectivity index (χ2v) is 8.04. The summed E-state index contributed by atoms with van der Waals surface area (Å²) in [5.74, 6) is 1.64. The van der Waals surface area contributed by atoms with Gasteiger partial charge in [-0.3, -0.25) is 0 Å². The molecule has 1 heterocycles. The van der Waals surface area contributed by atoms with E-state index in [1.165, 1.54) is 32.1 Å². The van der Waals surface area contributed by atoms with Crippen LogP contribution < -0.4 is 21.5 Å². The average Bonchev–Trinajstić information content (AvgIpc) is 2.68. The van der Waals surface area contributed by atoms with Crippen LogP contribution in [0.3, 0.4) is 0 Å². The summed E-state index contributed by atoms with van der Waals surface area (Å²) in [6, 6.07) is 14.1. The number of nitrogens with one attached hydrogen (secondary N) is 1. The van der Waals surface area contributed by atoms with Crippen LogP contribution in [0.2, 0.25) is 0 Å². The number of anilines is 2. The highest BCUT2D eigenvalue weighted by Crippen LogP contribution is 2.40. The van der Waals surface area contributed by atoms with Crippen LogP contribution in [0.4, 0.5) is 11.4 Å². The number of fused-ring (bicyclic) bond motifs is 1. The zero-order valence-electron chi connectivity index (χ0n) is 16.0. The number of nitrogens with two attached hydrogens (primary N) is 2. The molecule has 1 fully saturated rings. The summed E-state index contributed by atoms with van der Waals surface area (Å²) in [5, 5.41) is 3.57. The molecule has 4 nitrogen and oxygen atoms in total. The molecular weight excluding hydrogens is 334 g/mol. The highest BCUT2D eigenvalue weighted by atomic mass is 16.5. The lowest BCUT2D eigenvalue weighted by Crippen LogP contribution is -2.34. The minimum absolute atomic E-state index is 0.408. The Morgan fingerprint density at radius 1 is 1.04 bits per heavy atom. The third-order valence-electron chi connectivity index (χ3n) is 5.90. The van der Waals surface area contributed by atoms with Gasteiger partial charge < -0.3 is 21.5 Å². The summed E-state index contributed by atoms with van der Waals surface area (Å²) in [5.41, 5.74) is 16.5. The normalized spacial score (nSPS) is 22.5. The van der Waals surface area contributed by atoms with E-state index in [0.717, 1.165) is 34.9 Å². The molecule has 2 aromatic rings. The van der Waals surface area contributed by atoms with E-state index in [9.17, 15) is 0 Å². The molecule has 1 saturated carbocycles. The Morgan fingerprint density at radius 3 is 2.52 bits per heavy atom. The van der Waals surface area contributed by atoms with E-state index in [2.05, 4.69) is 42.6 Å². The molecule has 4 rings (SSSR count). The summed E-state index contributed by atoms with van der Waals surface area (Å²) >= 11 is 0. The monoisotopic (exact) mass is 363 g/mol. The zero-order valence-corrected chi connectivity index (χ0v) is 16.0. The second-order valence-electron chi connectivity index (χ2n) is 8.04. The SMILES string of the molecule is CC1(c2ccc(OCC3CCCCC3)cc2)C=C(N)c2cccc(N)c2N1. The van der Waals surface area contributed by atoms with E-state index in [4.69, 9.17) is 16.2 Å². The van der Waals surface area contributed by atoms with Crippen molar-refractivity contribution in [2.45, 2.75) is 44.6 Å². The topological polar surface area (TPSA) is 73.3 Å². The van der Waals surface area contributed by atoms with Gasteiger partial charge in [0.2, 0.25) is 0 Å². The van der Waals surface area contributed by atoms with Crippen LogP contribution in [-0.2, 0) is 5.54 Å². The van der Waals surface area contributed by atoms with Crippen LogP contribution in [0, 0.1) is 5.92 Å². The van der Waals surface area contributed by atoms with E-state index >= 15 is 0 Å². The first kappa shape index (κ1) is 17.8. The molecule has 0 spiro atoms. The lowest BCUT2D eigenvalue weighted by Gasteiger charge is -2.35. The molecule has 0 saturated heterocycles. The standard InChI is InChI=1S/C23H29N3O/c1-23(14-21(25)19-8-5-9-20(24)22(19)26-23)17-10-12-18(13-11-17)27-15-16-6-3-2-4-7-16/h5,8-14,16,26H,2-4,6-7,15,24-25H2,1H3. The van der Waals surface area contributed by atoms with Crippen LogP contribution in [0.5, 0.6) is 5.75 Å². The maximum atomic E-state index is 6.33. The van der Waals surface area contributed by atoms with Crippen molar-refractivity contribution in [3.05, 3.63) is 59.7 Å². The van der Waals surface area contributed by atoms with E-state index in [1.54, 1.807) is 0 Å². The lowest BCUT2D eigenvalue weighted by molar-refractivity contribution is 0.209. The molecule has 27 heavy (non-hydrogen) atoms. The minimum atomic E-state index is -0.408. The Balaban J connectivity index is 1.50. The van der Waals surface area contributed by atoms with Gasteiger partial charge in [0.1, 0.15) is 5.75 Å². The number of hydrogen-bond donors (Lipinski definition) is 3. The predicted octanol–water partition coefficient (Wildman–Crippen LogP) is 4.87. The molecule has 2 aliphatic rings. The Kier molecular flexibility index (Phi) is 4.73. The average molecular weight is 364 g/mol. The van der Waals surface area contributed by atoms with Crippen molar-refractivity contribution < 1.29 is 4.74 Å². The molecule has 4 heteroatoms. The number of rotatable bonds is 4. The molecule has 1 aliphatic carbocycles. The first-order valence-electron chi connectivity index (χ1n) is 9.94. The fraction of sp³-hybridized carbons (Fsp3) is 0.391. The van der Waals surface area contributed by atoms with Gasteiger partial charge in [-0.1, -0.05) is 43.5 Å². The van der Waals surface area contributed by atoms with Crippen molar-refractivity contribution in [1.82, 2.24) is 0 Å². The molecule has 0 radical (unpaired) electrons.